The zero-order valence-corrected chi connectivity index (χ0v) is 21.1. The van der Waals surface area contributed by atoms with Crippen LogP contribution in [0.3, 0.4) is 0 Å². The summed E-state index contributed by atoms with van der Waals surface area (Å²) >= 11 is 0. The standard InChI is InChI=1S/C26H27N5O4S/c1-16(2)36(33,34)25-10-9-18(15-28-25)35-24-14-22-21(29-26(30-22)20-7-4-5-11-27-20)13-19(24)23-8-6-12-31(23)17(3)32/h4-5,7,9-11,13-16,23H,6,8,12H2,1-3H3,(H,29,30). The monoisotopic (exact) mass is 505 g/mol. The van der Waals surface area contributed by atoms with Crippen molar-refractivity contribution in [3.63, 3.8) is 0 Å². The minimum Gasteiger partial charge on any atom is -0.455 e. The molecule has 1 aromatic carbocycles. The fourth-order valence-corrected chi connectivity index (χ4v) is 5.40. The molecule has 186 valence electrons. The van der Waals surface area contributed by atoms with E-state index < -0.39 is 15.1 Å². The lowest BCUT2D eigenvalue weighted by atomic mass is 10.0. The number of carbonyl (C=O) groups excluding carboxylic acids is 1. The van der Waals surface area contributed by atoms with Gasteiger partial charge in [-0.2, -0.15) is 0 Å². The van der Waals surface area contributed by atoms with Crippen LogP contribution in [0.15, 0.2) is 59.9 Å². The Labute approximate surface area is 209 Å². The number of likely N-dealkylation sites (tertiary alicyclic amines) is 1. The quantitative estimate of drug-likeness (QED) is 0.404. The molecule has 4 heterocycles. The number of H-pyrrole nitrogens is 1. The van der Waals surface area contributed by atoms with E-state index in [2.05, 4.69) is 15.0 Å². The first-order chi connectivity index (χ1) is 17.2. The average Bonchev–Trinajstić information content (AvgIpc) is 3.51. The van der Waals surface area contributed by atoms with Crippen molar-refractivity contribution in [3.8, 4) is 23.0 Å². The molecule has 1 saturated heterocycles. The normalized spacial score (nSPS) is 16.1. The minimum atomic E-state index is -3.49. The van der Waals surface area contributed by atoms with Crippen molar-refractivity contribution in [1.29, 1.82) is 0 Å². The summed E-state index contributed by atoms with van der Waals surface area (Å²) in [6, 6.07) is 12.3. The van der Waals surface area contributed by atoms with Crippen molar-refractivity contribution in [2.45, 2.75) is 49.9 Å². The third-order valence-corrected chi connectivity index (χ3v) is 8.45. The highest BCUT2D eigenvalue weighted by molar-refractivity contribution is 7.91. The second kappa shape index (κ2) is 9.34. The van der Waals surface area contributed by atoms with Gasteiger partial charge in [0.25, 0.3) is 0 Å². The summed E-state index contributed by atoms with van der Waals surface area (Å²) in [6.45, 7) is 5.50. The zero-order chi connectivity index (χ0) is 25.4. The number of pyridine rings is 2. The highest BCUT2D eigenvalue weighted by Crippen LogP contribution is 2.41. The Balaban J connectivity index is 1.57. The largest absolute Gasteiger partial charge is 0.455 e. The number of carbonyl (C=O) groups is 1. The van der Waals surface area contributed by atoms with Crippen LogP contribution in [0.25, 0.3) is 22.6 Å². The second-order valence-corrected chi connectivity index (χ2v) is 11.6. The number of aromatic nitrogens is 4. The number of imidazole rings is 1. The first-order valence-corrected chi connectivity index (χ1v) is 13.4. The molecule has 9 nitrogen and oxygen atoms in total. The molecule has 3 aromatic heterocycles. The van der Waals surface area contributed by atoms with Gasteiger partial charge in [-0.05, 0) is 57.0 Å². The van der Waals surface area contributed by atoms with Gasteiger partial charge >= 0.3 is 0 Å². The average molecular weight is 506 g/mol. The molecule has 5 rings (SSSR count). The second-order valence-electron chi connectivity index (χ2n) is 9.11. The molecule has 0 aliphatic carbocycles. The summed E-state index contributed by atoms with van der Waals surface area (Å²) in [5, 5.41) is -0.565. The van der Waals surface area contributed by atoms with Gasteiger partial charge in [0.05, 0.1) is 28.5 Å². The predicted octanol–water partition coefficient (Wildman–Crippen LogP) is 4.68. The molecule has 0 radical (unpaired) electrons. The molecule has 0 spiro atoms. The van der Waals surface area contributed by atoms with Crippen LogP contribution in [-0.2, 0) is 14.6 Å². The Bertz CT molecular complexity index is 1520. The lowest BCUT2D eigenvalue weighted by Crippen LogP contribution is -2.28. The van der Waals surface area contributed by atoms with E-state index in [1.165, 1.54) is 12.3 Å². The van der Waals surface area contributed by atoms with Crippen LogP contribution in [0.5, 0.6) is 11.5 Å². The maximum absolute atomic E-state index is 12.4. The Hall–Kier alpha value is -3.79. The molecular weight excluding hydrogens is 478 g/mol. The predicted molar refractivity (Wildman–Crippen MR) is 135 cm³/mol. The Morgan fingerprint density at radius 1 is 1.17 bits per heavy atom. The Kier molecular flexibility index (Phi) is 6.21. The molecule has 1 atom stereocenters. The van der Waals surface area contributed by atoms with Crippen molar-refractivity contribution < 1.29 is 17.9 Å². The first-order valence-electron chi connectivity index (χ1n) is 11.8. The molecule has 1 N–H and O–H groups in total. The van der Waals surface area contributed by atoms with E-state index in [0.717, 1.165) is 29.6 Å². The number of benzene rings is 1. The van der Waals surface area contributed by atoms with Gasteiger partial charge in [-0.15, -0.1) is 0 Å². The fourth-order valence-electron chi connectivity index (χ4n) is 4.46. The van der Waals surface area contributed by atoms with Crippen LogP contribution in [-0.4, -0.2) is 51.0 Å². The third kappa shape index (κ3) is 4.44. The maximum Gasteiger partial charge on any atom is 0.219 e. The highest BCUT2D eigenvalue weighted by atomic mass is 32.2. The van der Waals surface area contributed by atoms with Crippen molar-refractivity contribution in [2.75, 3.05) is 6.54 Å². The fraction of sp³-hybridized carbons (Fsp3) is 0.308. The van der Waals surface area contributed by atoms with E-state index in [0.29, 0.717) is 29.4 Å². The zero-order valence-electron chi connectivity index (χ0n) is 20.3. The summed E-state index contributed by atoms with van der Waals surface area (Å²) in [5.74, 6) is 1.58. The van der Waals surface area contributed by atoms with Gasteiger partial charge < -0.3 is 14.6 Å². The molecule has 1 aliphatic heterocycles. The summed E-state index contributed by atoms with van der Waals surface area (Å²) in [5.41, 5.74) is 3.07. The number of nitrogens with zero attached hydrogens (tertiary/aromatic N) is 4. The summed E-state index contributed by atoms with van der Waals surface area (Å²) in [6.07, 6.45) is 4.83. The number of rotatable bonds is 6. The summed E-state index contributed by atoms with van der Waals surface area (Å²) in [7, 11) is -3.49. The summed E-state index contributed by atoms with van der Waals surface area (Å²) in [4.78, 5) is 30.7. The Morgan fingerprint density at radius 3 is 2.67 bits per heavy atom. The van der Waals surface area contributed by atoms with E-state index in [9.17, 15) is 13.2 Å². The molecule has 10 heteroatoms. The molecule has 4 aromatic rings. The van der Waals surface area contributed by atoms with Crippen LogP contribution in [0, 0.1) is 0 Å². The van der Waals surface area contributed by atoms with E-state index >= 15 is 0 Å². The highest BCUT2D eigenvalue weighted by Gasteiger charge is 2.31. The molecule has 0 saturated carbocycles. The van der Waals surface area contributed by atoms with Gasteiger partial charge in [0, 0.05) is 31.3 Å². The number of sulfone groups is 1. The number of ether oxygens (including phenoxy) is 1. The molecule has 0 bridgehead atoms. The van der Waals surface area contributed by atoms with Crippen LogP contribution >= 0.6 is 0 Å². The Morgan fingerprint density at radius 2 is 2.00 bits per heavy atom. The molecule has 1 fully saturated rings. The lowest BCUT2D eigenvalue weighted by molar-refractivity contribution is -0.129. The molecule has 36 heavy (non-hydrogen) atoms. The number of fused-ring (bicyclic) bond motifs is 1. The van der Waals surface area contributed by atoms with Crippen molar-refractivity contribution >= 4 is 26.8 Å². The van der Waals surface area contributed by atoms with E-state index in [4.69, 9.17) is 9.72 Å². The smallest absolute Gasteiger partial charge is 0.219 e. The van der Waals surface area contributed by atoms with Gasteiger partial charge in [0.2, 0.25) is 5.91 Å². The number of nitrogens with one attached hydrogen (secondary N) is 1. The molecule has 1 unspecified atom stereocenters. The molecule has 1 aliphatic rings. The van der Waals surface area contributed by atoms with Crippen LogP contribution in [0.4, 0.5) is 0 Å². The van der Waals surface area contributed by atoms with Gasteiger partial charge in [-0.3, -0.25) is 9.78 Å². The lowest BCUT2D eigenvalue weighted by Gasteiger charge is -2.25. The SMILES string of the molecule is CC(=O)N1CCCC1c1cc2[nH]c(-c3ccccn3)nc2cc1Oc1ccc(S(=O)(=O)C(C)C)nc1. The minimum absolute atomic E-state index is 0.00591. The van der Waals surface area contributed by atoms with E-state index in [-0.39, 0.29) is 17.0 Å². The van der Waals surface area contributed by atoms with Crippen molar-refractivity contribution in [1.82, 2.24) is 24.8 Å². The van der Waals surface area contributed by atoms with Crippen LogP contribution in [0.2, 0.25) is 0 Å². The van der Waals surface area contributed by atoms with Crippen LogP contribution in [0.1, 0.15) is 45.2 Å². The van der Waals surface area contributed by atoms with Gasteiger partial charge in [0.1, 0.15) is 17.2 Å². The van der Waals surface area contributed by atoms with E-state index in [1.54, 1.807) is 33.0 Å². The van der Waals surface area contributed by atoms with Crippen LogP contribution < -0.4 is 4.74 Å². The number of hydrogen-bond donors (Lipinski definition) is 1. The van der Waals surface area contributed by atoms with Crippen molar-refractivity contribution in [2.24, 2.45) is 0 Å². The first kappa shape index (κ1) is 23.9. The van der Waals surface area contributed by atoms with Gasteiger partial charge in [0.15, 0.2) is 20.7 Å². The summed E-state index contributed by atoms with van der Waals surface area (Å²) < 4.78 is 31.1. The van der Waals surface area contributed by atoms with Gasteiger partial charge in [-0.25, -0.2) is 18.4 Å². The molecular formula is C26H27N5O4S. The van der Waals surface area contributed by atoms with Crippen molar-refractivity contribution in [3.05, 3.63) is 60.4 Å². The number of aromatic amines is 1. The molecule has 1 amide bonds. The third-order valence-electron chi connectivity index (χ3n) is 6.39. The topological polar surface area (TPSA) is 118 Å². The maximum atomic E-state index is 12.4. The number of amides is 1. The number of hydrogen-bond acceptors (Lipinski definition) is 7. The van der Waals surface area contributed by atoms with Gasteiger partial charge in [-0.1, -0.05) is 6.07 Å². The van der Waals surface area contributed by atoms with E-state index in [1.807, 2.05) is 35.2 Å².